The monoisotopic (exact) mass is 266 g/mol. The van der Waals surface area contributed by atoms with E-state index in [4.69, 9.17) is 0 Å². The summed E-state index contributed by atoms with van der Waals surface area (Å²) in [6.07, 6.45) is 1.13. The highest BCUT2D eigenvalue weighted by molar-refractivity contribution is 7.90. The van der Waals surface area contributed by atoms with Gasteiger partial charge in [0.25, 0.3) is 0 Å². The van der Waals surface area contributed by atoms with Crippen LogP contribution >= 0.6 is 0 Å². The van der Waals surface area contributed by atoms with Crippen molar-refractivity contribution in [3.05, 3.63) is 48.3 Å². The van der Waals surface area contributed by atoms with E-state index in [2.05, 4.69) is 0 Å². The van der Waals surface area contributed by atoms with Crippen molar-refractivity contribution in [1.29, 1.82) is 0 Å². The number of benzene rings is 2. The number of phenolic OH excluding ortho intramolecular Hbond substituents is 1. The lowest BCUT2D eigenvalue weighted by Crippen LogP contribution is -1.96. The van der Waals surface area contributed by atoms with E-state index in [9.17, 15) is 17.9 Å². The van der Waals surface area contributed by atoms with Gasteiger partial charge >= 0.3 is 0 Å². The van der Waals surface area contributed by atoms with Gasteiger partial charge in [-0.2, -0.15) is 0 Å². The van der Waals surface area contributed by atoms with E-state index in [1.807, 2.05) is 0 Å². The minimum atomic E-state index is -3.23. The quantitative estimate of drug-likeness (QED) is 0.909. The van der Waals surface area contributed by atoms with Gasteiger partial charge in [-0.25, -0.2) is 12.8 Å². The van der Waals surface area contributed by atoms with Crippen LogP contribution in [0.15, 0.2) is 47.4 Å². The van der Waals surface area contributed by atoms with Crippen molar-refractivity contribution in [2.45, 2.75) is 4.90 Å². The Morgan fingerprint density at radius 3 is 2.06 bits per heavy atom. The van der Waals surface area contributed by atoms with E-state index in [0.29, 0.717) is 11.1 Å². The molecule has 0 radical (unpaired) electrons. The normalized spacial score (nSPS) is 11.4. The Kier molecular flexibility index (Phi) is 3.09. The van der Waals surface area contributed by atoms with Crippen LogP contribution in [0.4, 0.5) is 4.39 Å². The number of hydrogen-bond acceptors (Lipinski definition) is 3. The van der Waals surface area contributed by atoms with E-state index in [0.717, 1.165) is 12.3 Å². The van der Waals surface area contributed by atoms with Gasteiger partial charge in [0.05, 0.1) is 4.90 Å². The Labute approximate surface area is 104 Å². The molecule has 2 rings (SSSR count). The fourth-order valence-electron chi connectivity index (χ4n) is 1.59. The first-order valence-corrected chi connectivity index (χ1v) is 7.06. The maximum atomic E-state index is 12.9. The van der Waals surface area contributed by atoms with Crippen LogP contribution in [0.25, 0.3) is 11.1 Å². The van der Waals surface area contributed by atoms with Crippen LogP contribution in [0, 0.1) is 5.82 Å². The highest BCUT2D eigenvalue weighted by atomic mass is 32.2. The fourth-order valence-corrected chi connectivity index (χ4v) is 2.22. The Bertz CT molecular complexity index is 676. The predicted molar refractivity (Wildman–Crippen MR) is 66.6 cm³/mol. The minimum absolute atomic E-state index is 0.220. The Morgan fingerprint density at radius 2 is 1.56 bits per heavy atom. The standard InChI is InChI=1S/C13H11FO3S/c1-18(16,17)11-5-2-9(3-6-11)10-4-7-12(14)13(15)8-10/h2-8,15H,1H3. The maximum absolute atomic E-state index is 12.9. The zero-order chi connectivity index (χ0) is 13.3. The number of halogens is 1. The summed E-state index contributed by atoms with van der Waals surface area (Å²) in [4.78, 5) is 0.220. The Hall–Kier alpha value is -1.88. The van der Waals surface area contributed by atoms with E-state index in [1.54, 1.807) is 12.1 Å². The lowest BCUT2D eigenvalue weighted by molar-refractivity contribution is 0.433. The van der Waals surface area contributed by atoms with Gasteiger partial charge in [-0.15, -0.1) is 0 Å². The molecule has 94 valence electrons. The molecule has 0 atom stereocenters. The van der Waals surface area contributed by atoms with Crippen LogP contribution in [0.5, 0.6) is 5.75 Å². The summed E-state index contributed by atoms with van der Waals surface area (Å²) >= 11 is 0. The molecule has 2 aromatic carbocycles. The topological polar surface area (TPSA) is 54.4 Å². The van der Waals surface area contributed by atoms with Crippen molar-refractivity contribution >= 4 is 9.84 Å². The molecule has 0 aliphatic heterocycles. The van der Waals surface area contributed by atoms with Crippen molar-refractivity contribution in [2.24, 2.45) is 0 Å². The second-order valence-electron chi connectivity index (χ2n) is 3.96. The molecule has 1 N–H and O–H groups in total. The second kappa shape index (κ2) is 4.42. The summed E-state index contributed by atoms with van der Waals surface area (Å²) in [6, 6.07) is 10.2. The molecule has 0 aliphatic carbocycles. The van der Waals surface area contributed by atoms with Crippen LogP contribution < -0.4 is 0 Å². The first-order valence-electron chi connectivity index (χ1n) is 5.17. The lowest BCUT2D eigenvalue weighted by Gasteiger charge is -2.04. The van der Waals surface area contributed by atoms with Gasteiger partial charge < -0.3 is 5.11 Å². The molecule has 18 heavy (non-hydrogen) atoms. The Morgan fingerprint density at radius 1 is 1.00 bits per heavy atom. The van der Waals surface area contributed by atoms with Gasteiger partial charge in [0, 0.05) is 6.26 Å². The van der Waals surface area contributed by atoms with E-state index in [-0.39, 0.29) is 4.90 Å². The highest BCUT2D eigenvalue weighted by Crippen LogP contribution is 2.26. The van der Waals surface area contributed by atoms with Crippen LogP contribution in [-0.2, 0) is 9.84 Å². The van der Waals surface area contributed by atoms with Crippen molar-refractivity contribution in [3.8, 4) is 16.9 Å². The molecule has 2 aromatic rings. The second-order valence-corrected chi connectivity index (χ2v) is 5.98. The predicted octanol–water partition coefficient (Wildman–Crippen LogP) is 2.60. The van der Waals surface area contributed by atoms with E-state index in [1.165, 1.54) is 24.3 Å². The largest absolute Gasteiger partial charge is 0.505 e. The number of rotatable bonds is 2. The van der Waals surface area contributed by atoms with Crippen molar-refractivity contribution in [3.63, 3.8) is 0 Å². The summed E-state index contributed by atoms with van der Waals surface area (Å²) in [5.41, 5.74) is 1.33. The van der Waals surface area contributed by atoms with Crippen LogP contribution in [0.3, 0.4) is 0 Å². The molecule has 0 heterocycles. The molecule has 5 heteroatoms. The number of aromatic hydroxyl groups is 1. The Balaban J connectivity index is 2.43. The van der Waals surface area contributed by atoms with Crippen LogP contribution in [0.2, 0.25) is 0 Å². The highest BCUT2D eigenvalue weighted by Gasteiger charge is 2.08. The smallest absolute Gasteiger partial charge is 0.175 e. The third-order valence-electron chi connectivity index (χ3n) is 2.56. The molecular formula is C13H11FO3S. The molecule has 3 nitrogen and oxygen atoms in total. The van der Waals surface area contributed by atoms with Crippen LogP contribution in [0.1, 0.15) is 0 Å². The molecule has 0 amide bonds. The van der Waals surface area contributed by atoms with Gasteiger partial charge in [-0.1, -0.05) is 18.2 Å². The maximum Gasteiger partial charge on any atom is 0.175 e. The molecule has 0 aliphatic rings. The van der Waals surface area contributed by atoms with Gasteiger partial charge in [0.15, 0.2) is 21.4 Å². The summed E-state index contributed by atoms with van der Waals surface area (Å²) < 4.78 is 35.5. The third kappa shape index (κ3) is 2.51. The van der Waals surface area contributed by atoms with Crippen LogP contribution in [-0.4, -0.2) is 19.8 Å². The molecule has 0 saturated carbocycles. The summed E-state index contributed by atoms with van der Waals surface area (Å²) in [5, 5.41) is 9.27. The number of phenols is 1. The molecule has 0 fully saturated rings. The first-order chi connectivity index (χ1) is 8.38. The average molecular weight is 266 g/mol. The zero-order valence-electron chi connectivity index (χ0n) is 9.59. The molecule has 0 aromatic heterocycles. The van der Waals surface area contributed by atoms with Gasteiger partial charge in [0.2, 0.25) is 0 Å². The zero-order valence-corrected chi connectivity index (χ0v) is 10.4. The van der Waals surface area contributed by atoms with Gasteiger partial charge in [-0.05, 0) is 35.4 Å². The molecule has 0 unspecified atom stereocenters. The van der Waals surface area contributed by atoms with Crippen molar-refractivity contribution < 1.29 is 17.9 Å². The van der Waals surface area contributed by atoms with Crippen molar-refractivity contribution in [2.75, 3.05) is 6.26 Å². The summed E-state index contributed by atoms with van der Waals surface area (Å²) in [6.45, 7) is 0. The van der Waals surface area contributed by atoms with Gasteiger partial charge in [0.1, 0.15) is 0 Å². The molecular weight excluding hydrogens is 255 g/mol. The summed E-state index contributed by atoms with van der Waals surface area (Å²) in [7, 11) is -3.23. The molecule has 0 spiro atoms. The fraction of sp³-hybridized carbons (Fsp3) is 0.0769. The van der Waals surface area contributed by atoms with Crippen molar-refractivity contribution in [1.82, 2.24) is 0 Å². The van der Waals surface area contributed by atoms with E-state index >= 15 is 0 Å². The van der Waals surface area contributed by atoms with E-state index < -0.39 is 21.4 Å². The van der Waals surface area contributed by atoms with Gasteiger partial charge in [-0.3, -0.25) is 0 Å². The minimum Gasteiger partial charge on any atom is -0.505 e. The third-order valence-corrected chi connectivity index (χ3v) is 3.69. The first kappa shape index (κ1) is 12.6. The molecule has 0 saturated heterocycles. The number of hydrogen-bond donors (Lipinski definition) is 1. The number of sulfone groups is 1. The lowest BCUT2D eigenvalue weighted by atomic mass is 10.1. The summed E-state index contributed by atoms with van der Waals surface area (Å²) in [5.74, 6) is -1.12. The SMILES string of the molecule is CS(=O)(=O)c1ccc(-c2ccc(F)c(O)c2)cc1. The molecule has 0 bridgehead atoms. The average Bonchev–Trinajstić information content (AvgIpc) is 2.32.